The van der Waals surface area contributed by atoms with E-state index in [-0.39, 0.29) is 11.0 Å². The Kier molecular flexibility index (Phi) is 5.37. The number of hydrogen-bond donors (Lipinski definition) is 1. The Hall–Kier alpha value is -2.67. The van der Waals surface area contributed by atoms with E-state index in [0.717, 1.165) is 17.8 Å². The molecule has 0 aliphatic carbocycles. The van der Waals surface area contributed by atoms with Crippen molar-refractivity contribution in [1.82, 2.24) is 15.0 Å². The Labute approximate surface area is 153 Å². The number of anilines is 1. The summed E-state index contributed by atoms with van der Waals surface area (Å²) in [6, 6.07) is 11.9. The first kappa shape index (κ1) is 18.1. The van der Waals surface area contributed by atoms with Crippen LogP contribution in [0.25, 0.3) is 11.4 Å². The van der Waals surface area contributed by atoms with Gasteiger partial charge in [0.25, 0.3) is 0 Å². The van der Waals surface area contributed by atoms with Crippen molar-refractivity contribution in [1.29, 1.82) is 0 Å². The lowest BCUT2D eigenvalue weighted by Crippen LogP contribution is -2.08. The predicted octanol–water partition coefficient (Wildman–Crippen LogP) is 4.87. The first-order chi connectivity index (χ1) is 12.4. The molecule has 0 saturated carbocycles. The molecule has 1 aromatic carbocycles. The molecule has 3 rings (SSSR count). The number of nitrogens with zero attached hydrogens (tertiary/aromatic N) is 3. The molecule has 4 nitrogen and oxygen atoms in total. The number of hydrogen-bond acceptors (Lipinski definition) is 4. The van der Waals surface area contributed by atoms with Gasteiger partial charge in [0.1, 0.15) is 11.0 Å². The molecule has 2 heterocycles. The number of pyridine rings is 1. The predicted molar refractivity (Wildman–Crippen MR) is 93.9 cm³/mol. The Bertz CT molecular complexity index is 868. The summed E-state index contributed by atoms with van der Waals surface area (Å²) in [7, 11) is 0. The average Bonchev–Trinajstić information content (AvgIpc) is 2.62. The van der Waals surface area contributed by atoms with Crippen molar-refractivity contribution in [3.63, 3.8) is 0 Å². The molecule has 0 bridgehead atoms. The van der Waals surface area contributed by atoms with Crippen molar-refractivity contribution in [2.75, 3.05) is 11.9 Å². The standard InChI is InChI=1S/C18H14ClF3N4/c19-15-11-16(24-10-8-14-3-1-2-9-23-14)26-17(25-15)12-4-6-13(7-5-12)18(20,21)22/h1-7,9,11H,8,10H2,(H,24,25,26). The number of aromatic nitrogens is 3. The summed E-state index contributed by atoms with van der Waals surface area (Å²) in [5.74, 6) is 0.752. The molecule has 0 saturated heterocycles. The van der Waals surface area contributed by atoms with Crippen LogP contribution in [0, 0.1) is 0 Å². The molecule has 0 amide bonds. The summed E-state index contributed by atoms with van der Waals surface area (Å²) in [6.45, 7) is 0.580. The van der Waals surface area contributed by atoms with Crippen molar-refractivity contribution in [2.45, 2.75) is 12.6 Å². The molecule has 0 spiro atoms. The van der Waals surface area contributed by atoms with Crippen LogP contribution in [-0.4, -0.2) is 21.5 Å². The number of benzene rings is 1. The molecule has 3 aromatic rings. The maximum absolute atomic E-state index is 12.7. The smallest absolute Gasteiger partial charge is 0.370 e. The third-order valence-electron chi connectivity index (χ3n) is 3.58. The lowest BCUT2D eigenvalue weighted by Gasteiger charge is -2.09. The van der Waals surface area contributed by atoms with Crippen LogP contribution in [-0.2, 0) is 12.6 Å². The second-order valence-electron chi connectivity index (χ2n) is 5.47. The molecule has 0 radical (unpaired) electrons. The van der Waals surface area contributed by atoms with E-state index < -0.39 is 11.7 Å². The van der Waals surface area contributed by atoms with Gasteiger partial charge in [0.15, 0.2) is 5.82 Å². The van der Waals surface area contributed by atoms with E-state index in [1.807, 2.05) is 18.2 Å². The molecule has 1 N–H and O–H groups in total. The van der Waals surface area contributed by atoms with Crippen LogP contribution in [0.3, 0.4) is 0 Å². The summed E-state index contributed by atoms with van der Waals surface area (Å²) < 4.78 is 38.0. The quantitative estimate of drug-likeness (QED) is 0.644. The summed E-state index contributed by atoms with van der Waals surface area (Å²) in [5.41, 5.74) is 0.661. The summed E-state index contributed by atoms with van der Waals surface area (Å²) in [4.78, 5) is 12.6. The van der Waals surface area contributed by atoms with Crippen molar-refractivity contribution in [3.8, 4) is 11.4 Å². The highest BCUT2D eigenvalue weighted by Gasteiger charge is 2.30. The molecular weight excluding hydrogens is 365 g/mol. The van der Waals surface area contributed by atoms with Gasteiger partial charge in [-0.2, -0.15) is 13.2 Å². The first-order valence-electron chi connectivity index (χ1n) is 7.78. The Balaban J connectivity index is 1.73. The molecule has 8 heteroatoms. The topological polar surface area (TPSA) is 50.7 Å². The third kappa shape index (κ3) is 4.70. The molecule has 0 aliphatic heterocycles. The summed E-state index contributed by atoms with van der Waals surface area (Å²) in [5, 5.41) is 3.33. The fourth-order valence-corrected chi connectivity index (χ4v) is 2.49. The van der Waals surface area contributed by atoms with Crippen LogP contribution in [0.4, 0.5) is 19.0 Å². The molecule has 0 atom stereocenters. The maximum atomic E-state index is 12.7. The van der Waals surface area contributed by atoms with Gasteiger partial charge < -0.3 is 5.32 Å². The normalized spacial score (nSPS) is 11.4. The van der Waals surface area contributed by atoms with Crippen molar-refractivity contribution in [2.24, 2.45) is 0 Å². The number of halogens is 4. The van der Waals surface area contributed by atoms with Gasteiger partial charge in [-0.3, -0.25) is 4.98 Å². The second-order valence-corrected chi connectivity index (χ2v) is 5.86. The Morgan fingerprint density at radius 1 is 1.00 bits per heavy atom. The van der Waals surface area contributed by atoms with E-state index in [0.29, 0.717) is 24.3 Å². The minimum absolute atomic E-state index is 0.204. The fraction of sp³-hybridized carbons (Fsp3) is 0.167. The highest BCUT2D eigenvalue weighted by molar-refractivity contribution is 6.29. The highest BCUT2D eigenvalue weighted by Crippen LogP contribution is 2.30. The Morgan fingerprint density at radius 2 is 1.77 bits per heavy atom. The molecule has 26 heavy (non-hydrogen) atoms. The first-order valence-corrected chi connectivity index (χ1v) is 8.15. The van der Waals surface area contributed by atoms with Gasteiger partial charge >= 0.3 is 6.18 Å². The van der Waals surface area contributed by atoms with Gasteiger partial charge in [-0.15, -0.1) is 0 Å². The lowest BCUT2D eigenvalue weighted by atomic mass is 10.1. The van der Waals surface area contributed by atoms with E-state index in [1.54, 1.807) is 12.3 Å². The number of alkyl halides is 3. The number of nitrogens with one attached hydrogen (secondary N) is 1. The largest absolute Gasteiger partial charge is 0.416 e. The van der Waals surface area contributed by atoms with Crippen LogP contribution >= 0.6 is 11.6 Å². The highest BCUT2D eigenvalue weighted by atomic mass is 35.5. The van der Waals surface area contributed by atoms with Crippen molar-refractivity contribution >= 4 is 17.4 Å². The molecule has 0 aliphatic rings. The van der Waals surface area contributed by atoms with Crippen LogP contribution in [0.15, 0.2) is 54.7 Å². The third-order valence-corrected chi connectivity index (χ3v) is 3.77. The summed E-state index contributed by atoms with van der Waals surface area (Å²) >= 11 is 6.02. The van der Waals surface area contributed by atoms with Crippen LogP contribution in [0.1, 0.15) is 11.3 Å². The van der Waals surface area contributed by atoms with E-state index in [1.165, 1.54) is 12.1 Å². The van der Waals surface area contributed by atoms with Crippen LogP contribution in [0.2, 0.25) is 5.15 Å². The molecule has 0 unspecified atom stereocenters. The molecule has 134 valence electrons. The minimum Gasteiger partial charge on any atom is -0.370 e. The molecule has 2 aromatic heterocycles. The van der Waals surface area contributed by atoms with Gasteiger partial charge in [-0.05, 0) is 24.3 Å². The zero-order valence-electron chi connectivity index (χ0n) is 13.5. The minimum atomic E-state index is -4.38. The van der Waals surface area contributed by atoms with Crippen LogP contribution < -0.4 is 5.32 Å². The Morgan fingerprint density at radius 3 is 2.42 bits per heavy atom. The van der Waals surface area contributed by atoms with Crippen LogP contribution in [0.5, 0.6) is 0 Å². The fourth-order valence-electron chi connectivity index (χ4n) is 2.31. The van der Waals surface area contributed by atoms with E-state index in [4.69, 9.17) is 11.6 Å². The van der Waals surface area contributed by atoms with E-state index in [9.17, 15) is 13.2 Å². The van der Waals surface area contributed by atoms with Gasteiger partial charge in [0, 0.05) is 36.5 Å². The van der Waals surface area contributed by atoms with E-state index in [2.05, 4.69) is 20.3 Å². The zero-order chi connectivity index (χ0) is 18.6. The number of rotatable bonds is 5. The maximum Gasteiger partial charge on any atom is 0.416 e. The van der Waals surface area contributed by atoms with Gasteiger partial charge in [-0.25, -0.2) is 9.97 Å². The van der Waals surface area contributed by atoms with E-state index >= 15 is 0 Å². The average molecular weight is 379 g/mol. The van der Waals surface area contributed by atoms with Gasteiger partial charge in [0.2, 0.25) is 0 Å². The zero-order valence-corrected chi connectivity index (χ0v) is 14.2. The van der Waals surface area contributed by atoms with Crippen molar-refractivity contribution in [3.05, 3.63) is 71.1 Å². The monoisotopic (exact) mass is 378 g/mol. The second kappa shape index (κ2) is 7.70. The summed E-state index contributed by atoms with van der Waals surface area (Å²) in [6.07, 6.45) is -1.97. The van der Waals surface area contributed by atoms with Gasteiger partial charge in [0.05, 0.1) is 5.56 Å². The van der Waals surface area contributed by atoms with Crippen molar-refractivity contribution < 1.29 is 13.2 Å². The molecular formula is C18H14ClF3N4. The SMILES string of the molecule is FC(F)(F)c1ccc(-c2nc(Cl)cc(NCCc3ccccn3)n2)cc1. The lowest BCUT2D eigenvalue weighted by molar-refractivity contribution is -0.137. The molecule has 0 fully saturated rings. The van der Waals surface area contributed by atoms with Gasteiger partial charge in [-0.1, -0.05) is 29.8 Å².